The summed E-state index contributed by atoms with van der Waals surface area (Å²) >= 11 is 0. The predicted octanol–water partition coefficient (Wildman–Crippen LogP) is 2.03. The van der Waals surface area contributed by atoms with Crippen LogP contribution in [0.25, 0.3) is 0 Å². The quantitative estimate of drug-likeness (QED) is 0.766. The summed E-state index contributed by atoms with van der Waals surface area (Å²) < 4.78 is 13.5. The van der Waals surface area contributed by atoms with Crippen LogP contribution in [0.3, 0.4) is 0 Å². The lowest BCUT2D eigenvalue weighted by Crippen LogP contribution is -2.26. The third-order valence-corrected chi connectivity index (χ3v) is 4.48. The minimum atomic E-state index is -1.22. The van der Waals surface area contributed by atoms with E-state index in [0.29, 0.717) is 19.4 Å². The lowest BCUT2D eigenvalue weighted by molar-refractivity contribution is -0.125. The maximum Gasteiger partial charge on any atom is 0.235 e. The van der Waals surface area contributed by atoms with E-state index >= 15 is 0 Å². The smallest absolute Gasteiger partial charge is 0.235 e. The molecule has 0 N–H and O–H groups in total. The number of nitrogens with zero attached hydrogens (tertiary/aromatic N) is 1. The Morgan fingerprint density at radius 2 is 2.12 bits per heavy atom. The molecule has 90 valence electrons. The number of amides is 1. The van der Waals surface area contributed by atoms with Crippen LogP contribution in [0.4, 0.5) is 0 Å². The summed E-state index contributed by atoms with van der Waals surface area (Å²) in [5, 5.41) is -0.0938. The van der Waals surface area contributed by atoms with Crippen LogP contribution in [0.5, 0.6) is 0 Å². The van der Waals surface area contributed by atoms with E-state index in [1.165, 1.54) is 4.31 Å². The van der Waals surface area contributed by atoms with Gasteiger partial charge in [-0.1, -0.05) is 36.4 Å². The molecule has 1 aliphatic rings. The maximum absolute atomic E-state index is 12.1. The second-order valence-corrected chi connectivity index (χ2v) is 5.70. The molecular formula is C13H15NO2S. The Hall–Kier alpha value is -1.42. The van der Waals surface area contributed by atoms with Crippen molar-refractivity contribution in [1.82, 2.24) is 4.31 Å². The summed E-state index contributed by atoms with van der Waals surface area (Å²) in [5.41, 5.74) is 1.01. The maximum atomic E-state index is 12.1. The molecule has 2 atom stereocenters. The Kier molecular flexibility index (Phi) is 3.74. The fraction of sp³-hybridized carbons (Fsp3) is 0.308. The first-order valence-corrected chi connectivity index (χ1v) is 6.75. The van der Waals surface area contributed by atoms with Crippen LogP contribution < -0.4 is 0 Å². The average Bonchev–Trinajstić information content (AvgIpc) is 2.59. The van der Waals surface area contributed by atoms with Crippen LogP contribution in [0.1, 0.15) is 18.4 Å². The standard InChI is InChI=1S/C13H15NO2S/c1-2-6-12-9-13(15)14(17(12)16)10-11-7-4-3-5-8-11/h2-5,7-8,12H,1,6,9-10H2/t12-,17+/m1/s1. The van der Waals surface area contributed by atoms with Crippen molar-refractivity contribution in [1.29, 1.82) is 0 Å². The van der Waals surface area contributed by atoms with Crippen LogP contribution >= 0.6 is 0 Å². The summed E-state index contributed by atoms with van der Waals surface area (Å²) in [4.78, 5) is 11.8. The molecule has 3 nitrogen and oxygen atoms in total. The van der Waals surface area contributed by atoms with E-state index < -0.39 is 11.0 Å². The molecule has 0 aromatic heterocycles. The van der Waals surface area contributed by atoms with Gasteiger partial charge in [0, 0.05) is 6.42 Å². The van der Waals surface area contributed by atoms with Gasteiger partial charge in [-0.2, -0.15) is 0 Å². The first-order chi connectivity index (χ1) is 8.22. The van der Waals surface area contributed by atoms with Crippen molar-refractivity contribution in [2.45, 2.75) is 24.6 Å². The summed E-state index contributed by atoms with van der Waals surface area (Å²) in [7, 11) is -1.22. The Morgan fingerprint density at radius 3 is 2.76 bits per heavy atom. The van der Waals surface area contributed by atoms with Gasteiger partial charge in [0.1, 0.15) is 11.0 Å². The molecule has 4 heteroatoms. The number of benzene rings is 1. The van der Waals surface area contributed by atoms with Crippen LogP contribution in [0.2, 0.25) is 0 Å². The fourth-order valence-corrected chi connectivity index (χ4v) is 3.40. The van der Waals surface area contributed by atoms with Crippen LogP contribution in [0.15, 0.2) is 43.0 Å². The monoisotopic (exact) mass is 249 g/mol. The summed E-state index contributed by atoms with van der Waals surface area (Å²) in [6.07, 6.45) is 2.72. The molecule has 0 saturated carbocycles. The molecule has 1 amide bonds. The van der Waals surface area contributed by atoms with Gasteiger partial charge in [0.05, 0.1) is 11.8 Å². The number of allylic oxidation sites excluding steroid dienone is 1. The van der Waals surface area contributed by atoms with Gasteiger partial charge in [0.2, 0.25) is 5.91 Å². The van der Waals surface area contributed by atoms with Crippen LogP contribution in [-0.4, -0.2) is 19.7 Å². The highest BCUT2D eigenvalue weighted by Gasteiger charge is 2.36. The second-order valence-electron chi connectivity index (χ2n) is 4.04. The van der Waals surface area contributed by atoms with Gasteiger partial charge in [0.15, 0.2) is 0 Å². The SMILES string of the molecule is C=CC[C@@H]1CC(=O)N(Cc2ccccc2)[S@]1=O. The third-order valence-electron chi connectivity index (χ3n) is 2.78. The van der Waals surface area contributed by atoms with E-state index in [4.69, 9.17) is 0 Å². The summed E-state index contributed by atoms with van der Waals surface area (Å²) in [5.74, 6) is -0.0287. The topological polar surface area (TPSA) is 37.4 Å². The van der Waals surface area contributed by atoms with Crippen molar-refractivity contribution in [3.63, 3.8) is 0 Å². The first kappa shape index (κ1) is 12.0. The van der Waals surface area contributed by atoms with Gasteiger partial charge in [-0.3, -0.25) is 9.10 Å². The largest absolute Gasteiger partial charge is 0.274 e. The number of carbonyl (C=O) groups excluding carboxylic acids is 1. The molecule has 1 aliphatic heterocycles. The predicted molar refractivity (Wildman–Crippen MR) is 68.4 cm³/mol. The molecule has 1 fully saturated rings. The highest BCUT2D eigenvalue weighted by molar-refractivity contribution is 7.84. The molecule has 0 bridgehead atoms. The zero-order valence-electron chi connectivity index (χ0n) is 9.54. The third kappa shape index (κ3) is 2.64. The highest BCUT2D eigenvalue weighted by Crippen LogP contribution is 2.24. The molecule has 2 rings (SSSR count). The van der Waals surface area contributed by atoms with Gasteiger partial charge in [-0.25, -0.2) is 4.21 Å². The Balaban J connectivity index is 2.09. The minimum absolute atomic E-state index is 0.0287. The molecule has 1 saturated heterocycles. The van der Waals surface area contributed by atoms with Crippen molar-refractivity contribution in [2.75, 3.05) is 0 Å². The lowest BCUT2D eigenvalue weighted by atomic mass is 10.2. The van der Waals surface area contributed by atoms with Crippen LogP contribution in [0, 0.1) is 0 Å². The van der Waals surface area contributed by atoms with Crippen molar-refractivity contribution in [3.05, 3.63) is 48.6 Å². The Labute approximate surface area is 104 Å². The summed E-state index contributed by atoms with van der Waals surface area (Å²) in [6, 6.07) is 9.63. The summed E-state index contributed by atoms with van der Waals surface area (Å²) in [6.45, 7) is 4.06. The molecule has 0 spiro atoms. The van der Waals surface area contributed by atoms with Crippen molar-refractivity contribution < 1.29 is 9.00 Å². The molecule has 0 aliphatic carbocycles. The molecule has 1 aromatic carbocycles. The zero-order valence-corrected chi connectivity index (χ0v) is 10.4. The number of carbonyl (C=O) groups is 1. The van der Waals surface area contributed by atoms with Gasteiger partial charge in [-0.05, 0) is 12.0 Å². The molecule has 17 heavy (non-hydrogen) atoms. The molecule has 1 aromatic rings. The van der Waals surface area contributed by atoms with Crippen molar-refractivity contribution in [3.8, 4) is 0 Å². The van der Waals surface area contributed by atoms with Gasteiger partial charge < -0.3 is 0 Å². The average molecular weight is 249 g/mol. The number of hydrogen-bond donors (Lipinski definition) is 0. The number of hydrogen-bond acceptors (Lipinski definition) is 2. The van der Waals surface area contributed by atoms with Gasteiger partial charge >= 0.3 is 0 Å². The van der Waals surface area contributed by atoms with E-state index in [1.54, 1.807) is 6.08 Å². The van der Waals surface area contributed by atoms with E-state index in [0.717, 1.165) is 5.56 Å². The lowest BCUT2D eigenvalue weighted by Gasteiger charge is -2.15. The Bertz CT molecular complexity index is 444. The zero-order chi connectivity index (χ0) is 12.3. The van der Waals surface area contributed by atoms with E-state index in [-0.39, 0.29) is 11.2 Å². The molecule has 0 unspecified atom stereocenters. The normalized spacial score (nSPS) is 24.0. The highest BCUT2D eigenvalue weighted by atomic mass is 32.2. The Morgan fingerprint density at radius 1 is 1.41 bits per heavy atom. The second kappa shape index (κ2) is 5.27. The van der Waals surface area contributed by atoms with Gasteiger partial charge in [0.25, 0.3) is 0 Å². The first-order valence-electron chi connectivity index (χ1n) is 5.58. The van der Waals surface area contributed by atoms with Gasteiger partial charge in [-0.15, -0.1) is 6.58 Å². The van der Waals surface area contributed by atoms with E-state index in [2.05, 4.69) is 6.58 Å². The van der Waals surface area contributed by atoms with Crippen LogP contribution in [-0.2, 0) is 22.3 Å². The van der Waals surface area contributed by atoms with E-state index in [1.807, 2.05) is 30.3 Å². The molecule has 1 heterocycles. The fourth-order valence-electron chi connectivity index (χ4n) is 1.90. The van der Waals surface area contributed by atoms with E-state index in [9.17, 15) is 9.00 Å². The van der Waals surface area contributed by atoms with Crippen molar-refractivity contribution in [2.24, 2.45) is 0 Å². The molecule has 0 radical (unpaired) electrons. The minimum Gasteiger partial charge on any atom is -0.274 e. The van der Waals surface area contributed by atoms with Crippen molar-refractivity contribution >= 4 is 16.9 Å². The molecular weight excluding hydrogens is 234 g/mol. The number of rotatable bonds is 4.